The van der Waals surface area contributed by atoms with E-state index in [0.717, 1.165) is 0 Å². The van der Waals surface area contributed by atoms with Crippen molar-refractivity contribution in [3.63, 3.8) is 0 Å². The minimum atomic E-state index is 0.240. The lowest BCUT2D eigenvalue weighted by atomic mass is 9.77. The van der Waals surface area contributed by atoms with Gasteiger partial charge in [0, 0.05) is 31.7 Å². The SMILES string of the molecule is CCCCC1C=CC=CC1(C)N1CCN(CC)CC1. The van der Waals surface area contributed by atoms with Gasteiger partial charge in [0.05, 0.1) is 0 Å². The quantitative estimate of drug-likeness (QED) is 0.750. The maximum Gasteiger partial charge on any atom is 0.0429 e. The Morgan fingerprint density at radius 2 is 1.84 bits per heavy atom. The molecule has 0 aromatic carbocycles. The summed E-state index contributed by atoms with van der Waals surface area (Å²) in [6, 6.07) is 0. The summed E-state index contributed by atoms with van der Waals surface area (Å²) >= 11 is 0. The molecular weight excluding hydrogens is 232 g/mol. The molecule has 0 aromatic heterocycles. The van der Waals surface area contributed by atoms with Crippen molar-refractivity contribution in [1.82, 2.24) is 9.80 Å². The Bertz CT molecular complexity index is 326. The van der Waals surface area contributed by atoms with E-state index in [1.54, 1.807) is 0 Å². The second-order valence-electron chi connectivity index (χ2n) is 6.14. The zero-order valence-electron chi connectivity index (χ0n) is 12.9. The fourth-order valence-electron chi connectivity index (χ4n) is 3.47. The van der Waals surface area contributed by atoms with Crippen LogP contribution in [0, 0.1) is 5.92 Å². The molecule has 2 atom stereocenters. The smallest absolute Gasteiger partial charge is 0.0429 e. The van der Waals surface area contributed by atoms with Crippen LogP contribution in [-0.2, 0) is 0 Å². The van der Waals surface area contributed by atoms with Gasteiger partial charge in [-0.1, -0.05) is 51.0 Å². The van der Waals surface area contributed by atoms with Crippen molar-refractivity contribution in [2.75, 3.05) is 32.7 Å². The molecule has 19 heavy (non-hydrogen) atoms. The molecule has 0 N–H and O–H groups in total. The third-order valence-electron chi connectivity index (χ3n) is 5.01. The topological polar surface area (TPSA) is 6.48 Å². The van der Waals surface area contributed by atoms with E-state index in [0.29, 0.717) is 5.92 Å². The molecule has 2 nitrogen and oxygen atoms in total. The number of likely N-dealkylation sites (N-methyl/N-ethyl adjacent to an activating group) is 1. The predicted octanol–water partition coefficient (Wildman–Crippen LogP) is 3.32. The van der Waals surface area contributed by atoms with E-state index in [9.17, 15) is 0 Å². The van der Waals surface area contributed by atoms with Crippen LogP contribution in [0.3, 0.4) is 0 Å². The first-order chi connectivity index (χ1) is 9.20. The van der Waals surface area contributed by atoms with Crippen LogP contribution in [-0.4, -0.2) is 48.1 Å². The van der Waals surface area contributed by atoms with E-state index in [1.165, 1.54) is 52.0 Å². The van der Waals surface area contributed by atoms with Crippen molar-refractivity contribution in [2.45, 2.75) is 45.6 Å². The van der Waals surface area contributed by atoms with Gasteiger partial charge in [0.1, 0.15) is 0 Å². The highest BCUT2D eigenvalue weighted by atomic mass is 15.3. The van der Waals surface area contributed by atoms with E-state index in [1.807, 2.05) is 0 Å². The molecular formula is C17H30N2. The van der Waals surface area contributed by atoms with Crippen molar-refractivity contribution in [3.05, 3.63) is 24.3 Å². The Morgan fingerprint density at radius 1 is 1.11 bits per heavy atom. The van der Waals surface area contributed by atoms with Gasteiger partial charge < -0.3 is 4.90 Å². The first-order valence-electron chi connectivity index (χ1n) is 8.04. The molecule has 0 aromatic rings. The lowest BCUT2D eigenvalue weighted by Crippen LogP contribution is -2.58. The van der Waals surface area contributed by atoms with Crippen LogP contribution in [0.2, 0.25) is 0 Å². The molecule has 0 bridgehead atoms. The third kappa shape index (κ3) is 3.29. The third-order valence-corrected chi connectivity index (χ3v) is 5.01. The number of rotatable bonds is 5. The molecule has 2 heteroatoms. The molecule has 1 aliphatic heterocycles. The van der Waals surface area contributed by atoms with E-state index in [2.05, 4.69) is 54.9 Å². The van der Waals surface area contributed by atoms with E-state index in [-0.39, 0.29) is 5.54 Å². The number of unbranched alkanes of at least 4 members (excludes halogenated alkanes) is 1. The molecule has 2 aliphatic rings. The fraction of sp³-hybridized carbons (Fsp3) is 0.765. The number of nitrogens with zero attached hydrogens (tertiary/aromatic N) is 2. The second kappa shape index (κ2) is 6.71. The summed E-state index contributed by atoms with van der Waals surface area (Å²) in [6.07, 6.45) is 13.3. The van der Waals surface area contributed by atoms with Gasteiger partial charge in [-0.15, -0.1) is 0 Å². The van der Waals surface area contributed by atoms with Crippen LogP contribution in [0.1, 0.15) is 40.0 Å². The van der Waals surface area contributed by atoms with Gasteiger partial charge in [-0.3, -0.25) is 4.90 Å². The molecule has 1 fully saturated rings. The normalized spacial score (nSPS) is 32.9. The Kier molecular flexibility index (Phi) is 5.23. The Labute approximate surface area is 119 Å². The van der Waals surface area contributed by atoms with Crippen LogP contribution in [0.25, 0.3) is 0 Å². The second-order valence-corrected chi connectivity index (χ2v) is 6.14. The Hall–Kier alpha value is -0.600. The average Bonchev–Trinajstić information content (AvgIpc) is 2.46. The van der Waals surface area contributed by atoms with E-state index < -0.39 is 0 Å². The highest BCUT2D eigenvalue weighted by Gasteiger charge is 2.37. The van der Waals surface area contributed by atoms with Crippen molar-refractivity contribution in [2.24, 2.45) is 5.92 Å². The Morgan fingerprint density at radius 3 is 2.47 bits per heavy atom. The largest absolute Gasteiger partial charge is 0.301 e. The van der Waals surface area contributed by atoms with Gasteiger partial charge in [0.2, 0.25) is 0 Å². The van der Waals surface area contributed by atoms with Crippen LogP contribution in [0.5, 0.6) is 0 Å². The summed E-state index contributed by atoms with van der Waals surface area (Å²) in [4.78, 5) is 5.27. The molecule has 0 saturated carbocycles. The highest BCUT2D eigenvalue weighted by molar-refractivity contribution is 5.24. The summed E-state index contributed by atoms with van der Waals surface area (Å²) in [5.41, 5.74) is 0.240. The summed E-state index contributed by atoms with van der Waals surface area (Å²) in [5.74, 6) is 0.686. The first-order valence-corrected chi connectivity index (χ1v) is 8.04. The number of allylic oxidation sites excluding steroid dienone is 2. The molecule has 0 radical (unpaired) electrons. The van der Waals surface area contributed by atoms with Gasteiger partial charge in [-0.05, 0) is 25.8 Å². The van der Waals surface area contributed by atoms with Gasteiger partial charge in [0.15, 0.2) is 0 Å². The van der Waals surface area contributed by atoms with Crippen molar-refractivity contribution < 1.29 is 0 Å². The zero-order valence-corrected chi connectivity index (χ0v) is 12.9. The Balaban J connectivity index is 2.02. The predicted molar refractivity (Wildman–Crippen MR) is 83.4 cm³/mol. The lowest BCUT2D eigenvalue weighted by Gasteiger charge is -2.48. The van der Waals surface area contributed by atoms with Gasteiger partial charge in [0.25, 0.3) is 0 Å². The number of piperazine rings is 1. The minimum Gasteiger partial charge on any atom is -0.301 e. The van der Waals surface area contributed by atoms with Crippen LogP contribution in [0.4, 0.5) is 0 Å². The molecule has 0 amide bonds. The lowest BCUT2D eigenvalue weighted by molar-refractivity contribution is 0.0442. The minimum absolute atomic E-state index is 0.240. The molecule has 2 rings (SSSR count). The van der Waals surface area contributed by atoms with Gasteiger partial charge in [-0.25, -0.2) is 0 Å². The monoisotopic (exact) mass is 262 g/mol. The van der Waals surface area contributed by atoms with E-state index in [4.69, 9.17) is 0 Å². The van der Waals surface area contributed by atoms with Gasteiger partial charge >= 0.3 is 0 Å². The van der Waals surface area contributed by atoms with E-state index >= 15 is 0 Å². The zero-order chi connectivity index (χ0) is 13.7. The molecule has 0 spiro atoms. The molecule has 1 saturated heterocycles. The molecule has 2 unspecified atom stereocenters. The fourth-order valence-corrected chi connectivity index (χ4v) is 3.47. The first kappa shape index (κ1) is 14.8. The van der Waals surface area contributed by atoms with Crippen LogP contribution >= 0.6 is 0 Å². The van der Waals surface area contributed by atoms with Gasteiger partial charge in [-0.2, -0.15) is 0 Å². The summed E-state index contributed by atoms with van der Waals surface area (Å²) in [5, 5.41) is 0. The van der Waals surface area contributed by atoms with Crippen molar-refractivity contribution in [1.29, 1.82) is 0 Å². The molecule has 1 heterocycles. The number of hydrogen-bond acceptors (Lipinski definition) is 2. The maximum absolute atomic E-state index is 2.71. The highest BCUT2D eigenvalue weighted by Crippen LogP contribution is 2.34. The molecule has 108 valence electrons. The summed E-state index contributed by atoms with van der Waals surface area (Å²) in [7, 11) is 0. The standard InChI is InChI=1S/C17H30N2/c1-4-6-9-16-10-7-8-11-17(16,3)19-14-12-18(5-2)13-15-19/h7-8,10-11,16H,4-6,9,12-15H2,1-3H3. The van der Waals surface area contributed by atoms with Crippen molar-refractivity contribution in [3.8, 4) is 0 Å². The average molecular weight is 262 g/mol. The van der Waals surface area contributed by atoms with Crippen molar-refractivity contribution >= 4 is 0 Å². The number of hydrogen-bond donors (Lipinski definition) is 0. The summed E-state index contributed by atoms with van der Waals surface area (Å²) < 4.78 is 0. The molecule has 1 aliphatic carbocycles. The summed E-state index contributed by atoms with van der Waals surface area (Å²) in [6.45, 7) is 13.1. The van der Waals surface area contributed by atoms with Crippen LogP contribution in [0.15, 0.2) is 24.3 Å². The maximum atomic E-state index is 2.71. The van der Waals surface area contributed by atoms with Crippen LogP contribution < -0.4 is 0 Å².